The van der Waals surface area contributed by atoms with Crippen LogP contribution in [0.15, 0.2) is 12.4 Å². The van der Waals surface area contributed by atoms with Crippen molar-refractivity contribution in [2.24, 2.45) is 0 Å². The van der Waals surface area contributed by atoms with Crippen LogP contribution < -0.4 is 10.2 Å². The average molecular weight is 278 g/mol. The normalized spacial score (nSPS) is 20.2. The first-order valence-electron chi connectivity index (χ1n) is 7.43. The number of piperidine rings is 1. The molecule has 2 rings (SSSR count). The van der Waals surface area contributed by atoms with Crippen molar-refractivity contribution in [3.8, 4) is 0 Å². The Bertz CT molecular complexity index is 413. The van der Waals surface area contributed by atoms with Gasteiger partial charge in [-0.05, 0) is 40.0 Å². The molecule has 2 heterocycles. The summed E-state index contributed by atoms with van der Waals surface area (Å²) in [5.74, 6) is 0.739. The van der Waals surface area contributed by atoms with E-state index in [2.05, 4.69) is 41.0 Å². The molecule has 1 aliphatic rings. The monoisotopic (exact) mass is 278 g/mol. The molecular formula is C15H26N4O. The van der Waals surface area contributed by atoms with Gasteiger partial charge in [0.25, 0.3) is 0 Å². The number of rotatable bonds is 4. The molecule has 5 heteroatoms. The molecule has 1 atom stereocenters. The van der Waals surface area contributed by atoms with Crippen molar-refractivity contribution >= 4 is 5.95 Å². The van der Waals surface area contributed by atoms with Crippen molar-refractivity contribution in [2.45, 2.75) is 58.2 Å². The summed E-state index contributed by atoms with van der Waals surface area (Å²) in [6.07, 6.45) is 7.10. The Kier molecular flexibility index (Phi) is 4.94. The molecule has 5 nitrogen and oxygen atoms in total. The van der Waals surface area contributed by atoms with Crippen LogP contribution >= 0.6 is 0 Å². The van der Waals surface area contributed by atoms with E-state index in [4.69, 9.17) is 0 Å². The first-order chi connectivity index (χ1) is 9.49. The van der Waals surface area contributed by atoms with Gasteiger partial charge in [-0.1, -0.05) is 0 Å². The second-order valence-corrected chi connectivity index (χ2v) is 6.52. The topological polar surface area (TPSA) is 61.3 Å². The van der Waals surface area contributed by atoms with Gasteiger partial charge >= 0.3 is 0 Å². The third-order valence-corrected chi connectivity index (χ3v) is 3.61. The molecule has 0 spiro atoms. The minimum absolute atomic E-state index is 0.0908. The quantitative estimate of drug-likeness (QED) is 0.878. The highest BCUT2D eigenvalue weighted by Crippen LogP contribution is 2.21. The van der Waals surface area contributed by atoms with Crippen molar-refractivity contribution in [1.29, 1.82) is 0 Å². The van der Waals surface area contributed by atoms with Crippen LogP contribution in [0.25, 0.3) is 0 Å². The first kappa shape index (κ1) is 15.2. The molecule has 2 N–H and O–H groups in total. The van der Waals surface area contributed by atoms with Crippen molar-refractivity contribution in [3.05, 3.63) is 18.0 Å². The third-order valence-electron chi connectivity index (χ3n) is 3.61. The minimum Gasteiger partial charge on any atom is -0.394 e. The van der Waals surface area contributed by atoms with Gasteiger partial charge in [-0.3, -0.25) is 0 Å². The summed E-state index contributed by atoms with van der Waals surface area (Å²) in [7, 11) is 0. The predicted molar refractivity (Wildman–Crippen MR) is 80.7 cm³/mol. The average Bonchev–Trinajstić information content (AvgIpc) is 2.45. The second-order valence-electron chi connectivity index (χ2n) is 6.52. The number of aliphatic hydroxyl groups excluding tert-OH is 1. The highest BCUT2D eigenvalue weighted by molar-refractivity contribution is 5.32. The maximum atomic E-state index is 9.44. The highest BCUT2D eigenvalue weighted by Gasteiger charge is 2.23. The van der Waals surface area contributed by atoms with E-state index >= 15 is 0 Å². The lowest BCUT2D eigenvalue weighted by Crippen LogP contribution is -2.43. The SMILES string of the molecule is CC(C)(C)NCc1cnc(N2CCCCC2CO)nc1. The van der Waals surface area contributed by atoms with Gasteiger partial charge in [0.1, 0.15) is 0 Å². The van der Waals surface area contributed by atoms with Gasteiger partial charge in [0.05, 0.1) is 12.6 Å². The number of nitrogens with one attached hydrogen (secondary N) is 1. The third kappa shape index (κ3) is 4.15. The van der Waals surface area contributed by atoms with Gasteiger partial charge < -0.3 is 15.3 Å². The maximum absolute atomic E-state index is 9.44. The van der Waals surface area contributed by atoms with Crippen molar-refractivity contribution in [2.75, 3.05) is 18.1 Å². The van der Waals surface area contributed by atoms with Gasteiger partial charge in [-0.2, -0.15) is 0 Å². The Hall–Kier alpha value is -1.20. The Labute approximate surface area is 121 Å². The van der Waals surface area contributed by atoms with Gasteiger partial charge in [-0.15, -0.1) is 0 Å². The molecule has 1 aromatic rings. The molecule has 0 aromatic carbocycles. The van der Waals surface area contributed by atoms with Crippen molar-refractivity contribution in [1.82, 2.24) is 15.3 Å². The maximum Gasteiger partial charge on any atom is 0.225 e. The molecule has 0 amide bonds. The molecular weight excluding hydrogens is 252 g/mol. The Morgan fingerprint density at radius 2 is 2.00 bits per heavy atom. The van der Waals surface area contributed by atoms with Crippen molar-refractivity contribution in [3.63, 3.8) is 0 Å². The molecule has 1 fully saturated rings. The molecule has 1 aromatic heterocycles. The van der Waals surface area contributed by atoms with E-state index in [0.717, 1.165) is 37.4 Å². The summed E-state index contributed by atoms with van der Waals surface area (Å²) >= 11 is 0. The number of nitrogens with zero attached hydrogens (tertiary/aromatic N) is 3. The van der Waals surface area contributed by atoms with E-state index in [1.165, 1.54) is 6.42 Å². The van der Waals surface area contributed by atoms with Crippen molar-refractivity contribution < 1.29 is 5.11 Å². The summed E-state index contributed by atoms with van der Waals surface area (Å²) in [5, 5.41) is 12.9. The van der Waals surface area contributed by atoms with Gasteiger partial charge in [0.15, 0.2) is 0 Å². The fraction of sp³-hybridized carbons (Fsp3) is 0.733. The van der Waals surface area contributed by atoms with E-state index in [1.54, 1.807) is 0 Å². The molecule has 1 unspecified atom stereocenters. The summed E-state index contributed by atoms with van der Waals surface area (Å²) in [6.45, 7) is 8.31. The number of anilines is 1. The second kappa shape index (κ2) is 6.50. The zero-order valence-electron chi connectivity index (χ0n) is 12.8. The van der Waals surface area contributed by atoms with Crippen LogP contribution in [0, 0.1) is 0 Å². The molecule has 0 aliphatic carbocycles. The Morgan fingerprint density at radius 3 is 2.60 bits per heavy atom. The zero-order valence-corrected chi connectivity index (χ0v) is 12.8. The van der Waals surface area contributed by atoms with Crippen LogP contribution in [-0.2, 0) is 6.54 Å². The number of hydrogen-bond acceptors (Lipinski definition) is 5. The summed E-state index contributed by atoms with van der Waals surface area (Å²) in [4.78, 5) is 11.1. The number of aliphatic hydroxyl groups is 1. The molecule has 0 radical (unpaired) electrons. The van der Waals surface area contributed by atoms with Crippen LogP contribution in [-0.4, -0.2) is 39.8 Å². The van der Waals surface area contributed by atoms with E-state index in [0.29, 0.717) is 0 Å². The first-order valence-corrected chi connectivity index (χ1v) is 7.43. The van der Waals surface area contributed by atoms with Crippen LogP contribution in [0.3, 0.4) is 0 Å². The van der Waals surface area contributed by atoms with Gasteiger partial charge in [-0.25, -0.2) is 9.97 Å². The summed E-state index contributed by atoms with van der Waals surface area (Å²) < 4.78 is 0. The lowest BCUT2D eigenvalue weighted by Gasteiger charge is -2.34. The smallest absolute Gasteiger partial charge is 0.225 e. The molecule has 0 bridgehead atoms. The molecule has 20 heavy (non-hydrogen) atoms. The van der Waals surface area contributed by atoms with E-state index in [1.807, 2.05) is 12.4 Å². The summed E-state index contributed by atoms with van der Waals surface area (Å²) in [5.41, 5.74) is 1.18. The molecule has 1 aliphatic heterocycles. The lowest BCUT2D eigenvalue weighted by atomic mass is 10.0. The van der Waals surface area contributed by atoms with Crippen LogP contribution in [0.2, 0.25) is 0 Å². The number of hydrogen-bond donors (Lipinski definition) is 2. The van der Waals surface area contributed by atoms with Gasteiger partial charge in [0, 0.05) is 36.6 Å². The molecule has 0 saturated carbocycles. The predicted octanol–water partition coefficient (Wildman–Crippen LogP) is 1.72. The highest BCUT2D eigenvalue weighted by atomic mass is 16.3. The van der Waals surface area contributed by atoms with Crippen LogP contribution in [0.5, 0.6) is 0 Å². The van der Waals surface area contributed by atoms with Crippen LogP contribution in [0.4, 0.5) is 5.95 Å². The minimum atomic E-state index is 0.0908. The molecule has 112 valence electrons. The number of aromatic nitrogens is 2. The largest absolute Gasteiger partial charge is 0.394 e. The van der Waals surface area contributed by atoms with E-state index in [-0.39, 0.29) is 18.2 Å². The standard InChI is InChI=1S/C15H26N4O/c1-15(2,3)18-10-12-8-16-14(17-9-12)19-7-5-4-6-13(19)11-20/h8-9,13,18,20H,4-7,10-11H2,1-3H3. The zero-order chi connectivity index (χ0) is 14.6. The Balaban J connectivity index is 2.00. The van der Waals surface area contributed by atoms with Gasteiger partial charge in [0.2, 0.25) is 5.95 Å². The Morgan fingerprint density at radius 1 is 1.30 bits per heavy atom. The van der Waals surface area contributed by atoms with Crippen LogP contribution in [0.1, 0.15) is 45.6 Å². The molecule has 1 saturated heterocycles. The fourth-order valence-electron chi connectivity index (χ4n) is 2.41. The summed E-state index contributed by atoms with van der Waals surface area (Å²) in [6, 6.07) is 0.169. The van der Waals surface area contributed by atoms with E-state index in [9.17, 15) is 5.11 Å². The van der Waals surface area contributed by atoms with E-state index < -0.39 is 0 Å². The lowest BCUT2D eigenvalue weighted by molar-refractivity contribution is 0.239. The fourth-order valence-corrected chi connectivity index (χ4v) is 2.41.